The molecule has 0 aliphatic carbocycles. The van der Waals surface area contributed by atoms with Crippen LogP contribution in [-0.4, -0.2) is 61.5 Å². The molecule has 0 aromatic heterocycles. The Morgan fingerprint density at radius 1 is 1.52 bits per heavy atom. The maximum absolute atomic E-state index is 11.6. The lowest BCUT2D eigenvalue weighted by atomic mass is 10.2. The number of nitroso groups, excluding NO2 is 1. The van der Waals surface area contributed by atoms with E-state index in [0.717, 1.165) is 13.1 Å². The first-order valence-electron chi connectivity index (χ1n) is 6.42. The summed E-state index contributed by atoms with van der Waals surface area (Å²) in [6.45, 7) is 1.91. The maximum Gasteiger partial charge on any atom is 0.348 e. The monoisotopic (exact) mass is 295 g/mol. The number of carbonyl (C=O) groups excluding carboxylic acids is 1. The van der Waals surface area contributed by atoms with E-state index in [-0.39, 0.29) is 12.2 Å². The van der Waals surface area contributed by atoms with Gasteiger partial charge in [0.1, 0.15) is 24.3 Å². The summed E-state index contributed by atoms with van der Waals surface area (Å²) in [5.41, 5.74) is -0.193. The van der Waals surface area contributed by atoms with Gasteiger partial charge < -0.3 is 19.5 Å². The third-order valence-corrected chi connectivity index (χ3v) is 2.71. The van der Waals surface area contributed by atoms with E-state index in [1.807, 2.05) is 4.90 Å². The normalized spacial score (nSPS) is 17.3. The second kappa shape index (κ2) is 9.63. The average molecular weight is 295 g/mol. The molecule has 0 amide bonds. The molecule has 0 spiro atoms. The van der Waals surface area contributed by atoms with Crippen molar-refractivity contribution in [3.05, 3.63) is 28.8 Å². The van der Waals surface area contributed by atoms with Crippen LogP contribution < -0.4 is 0 Å². The fourth-order valence-corrected chi connectivity index (χ4v) is 1.50. The van der Waals surface area contributed by atoms with Crippen LogP contribution in [0.25, 0.3) is 0 Å². The van der Waals surface area contributed by atoms with Crippen LogP contribution in [0.3, 0.4) is 0 Å². The van der Waals surface area contributed by atoms with Crippen molar-refractivity contribution in [3.63, 3.8) is 0 Å². The highest BCUT2D eigenvalue weighted by Crippen LogP contribution is 2.02. The summed E-state index contributed by atoms with van der Waals surface area (Å²) in [6, 6.07) is 0.704. The lowest BCUT2D eigenvalue weighted by Gasteiger charge is -2.24. The van der Waals surface area contributed by atoms with E-state index < -0.39 is 18.6 Å². The number of nitrogens with zero attached hydrogens (tertiary/aromatic N) is 3. The topological polar surface area (TPSA) is 112 Å². The molecule has 0 radical (unpaired) electrons. The Morgan fingerprint density at radius 2 is 2.24 bits per heavy atom. The number of aliphatic hydroxyl groups is 1. The molecule has 0 aromatic carbocycles. The van der Waals surface area contributed by atoms with Gasteiger partial charge in [-0.25, -0.2) is 4.79 Å². The molecule has 1 unspecified atom stereocenters. The van der Waals surface area contributed by atoms with Gasteiger partial charge in [-0.2, -0.15) is 10.2 Å². The fraction of sp³-hybridized carbons (Fsp3) is 0.538. The van der Waals surface area contributed by atoms with Crippen molar-refractivity contribution in [2.75, 3.05) is 39.5 Å². The van der Waals surface area contributed by atoms with Crippen LogP contribution in [0.15, 0.2) is 29.1 Å². The zero-order chi connectivity index (χ0) is 15.5. The van der Waals surface area contributed by atoms with Crippen LogP contribution >= 0.6 is 0 Å². The minimum absolute atomic E-state index is 0.193. The number of rotatable bonds is 7. The summed E-state index contributed by atoms with van der Waals surface area (Å²) in [4.78, 5) is 23.8. The van der Waals surface area contributed by atoms with Gasteiger partial charge in [0.2, 0.25) is 0 Å². The van der Waals surface area contributed by atoms with Crippen LogP contribution in [-0.2, 0) is 14.3 Å². The number of hydrogen-bond acceptors (Lipinski definition) is 8. The Labute approximate surface area is 122 Å². The number of aliphatic hydroxyl groups excluding tert-OH is 1. The fourth-order valence-electron chi connectivity index (χ4n) is 1.50. The van der Waals surface area contributed by atoms with Crippen molar-refractivity contribution in [2.24, 2.45) is 5.18 Å². The molecule has 1 rings (SSSR count). The van der Waals surface area contributed by atoms with E-state index in [1.54, 1.807) is 18.3 Å². The zero-order valence-electron chi connectivity index (χ0n) is 11.5. The van der Waals surface area contributed by atoms with Gasteiger partial charge in [-0.1, -0.05) is 5.18 Å². The van der Waals surface area contributed by atoms with Crippen LogP contribution in [0, 0.1) is 16.2 Å². The number of allylic oxidation sites excluding steroid dienone is 2. The number of esters is 1. The molecule has 1 aliphatic heterocycles. The Kier molecular flexibility index (Phi) is 7.71. The molecule has 1 aliphatic rings. The molecule has 0 aromatic rings. The zero-order valence-corrected chi connectivity index (χ0v) is 11.5. The molecule has 1 fully saturated rings. The molecule has 1 saturated heterocycles. The van der Waals surface area contributed by atoms with Crippen molar-refractivity contribution in [2.45, 2.75) is 6.04 Å². The van der Waals surface area contributed by atoms with Gasteiger partial charge in [0.05, 0.1) is 19.8 Å². The first-order chi connectivity index (χ1) is 10.2. The van der Waals surface area contributed by atoms with Crippen LogP contribution in [0.4, 0.5) is 0 Å². The molecule has 0 bridgehead atoms. The highest BCUT2D eigenvalue weighted by atomic mass is 16.5. The molecule has 8 heteroatoms. The van der Waals surface area contributed by atoms with Gasteiger partial charge in [-0.15, -0.1) is 0 Å². The third-order valence-electron chi connectivity index (χ3n) is 2.71. The van der Waals surface area contributed by atoms with Crippen molar-refractivity contribution >= 4 is 5.97 Å². The molecule has 114 valence electrons. The van der Waals surface area contributed by atoms with E-state index in [4.69, 9.17) is 19.8 Å². The summed E-state index contributed by atoms with van der Waals surface area (Å²) in [7, 11) is 0. The van der Waals surface area contributed by atoms with Crippen LogP contribution in [0.5, 0.6) is 0 Å². The molecule has 1 heterocycles. The van der Waals surface area contributed by atoms with E-state index in [1.165, 1.54) is 6.08 Å². The molecule has 1 N–H and O–H groups in total. The van der Waals surface area contributed by atoms with Crippen LogP contribution in [0.2, 0.25) is 0 Å². The minimum atomic E-state index is -1.02. The standard InChI is InChI=1S/C13H17N3O5/c14-8-11(13(18)21-10-12(9-17)15-19)2-1-3-16-4-6-20-7-5-16/h1-3,12,17H,4-7,9-10H2/b3-1+,11-2+. The summed E-state index contributed by atoms with van der Waals surface area (Å²) < 4.78 is 9.92. The van der Waals surface area contributed by atoms with E-state index >= 15 is 0 Å². The number of morpholine rings is 1. The Balaban J connectivity index is 2.50. The maximum atomic E-state index is 11.6. The predicted molar refractivity (Wildman–Crippen MR) is 72.9 cm³/mol. The molecule has 8 nitrogen and oxygen atoms in total. The minimum Gasteiger partial charge on any atom is -0.459 e. The van der Waals surface area contributed by atoms with E-state index in [0.29, 0.717) is 13.2 Å². The van der Waals surface area contributed by atoms with Gasteiger partial charge in [-0.3, -0.25) is 0 Å². The number of hydrogen-bond donors (Lipinski definition) is 1. The number of ether oxygens (including phenoxy) is 2. The molecule has 1 atom stereocenters. The Bertz CT molecular complexity index is 449. The SMILES string of the molecule is N#C/C(=C\C=C\N1CCOCC1)C(=O)OCC(CO)N=O. The quantitative estimate of drug-likeness (QED) is 0.230. The largest absolute Gasteiger partial charge is 0.459 e. The van der Waals surface area contributed by atoms with Crippen molar-refractivity contribution in [1.82, 2.24) is 4.90 Å². The highest BCUT2D eigenvalue weighted by molar-refractivity contribution is 5.93. The smallest absolute Gasteiger partial charge is 0.348 e. The molecular weight excluding hydrogens is 278 g/mol. The van der Waals surface area contributed by atoms with E-state index in [2.05, 4.69) is 5.18 Å². The van der Waals surface area contributed by atoms with Gasteiger partial charge in [0, 0.05) is 13.1 Å². The second-order valence-corrected chi connectivity index (χ2v) is 4.22. The summed E-state index contributed by atoms with van der Waals surface area (Å²) >= 11 is 0. The van der Waals surface area contributed by atoms with Crippen molar-refractivity contribution < 1.29 is 19.4 Å². The summed E-state index contributed by atoms with van der Waals surface area (Å²) in [6.07, 6.45) is 4.67. The van der Waals surface area contributed by atoms with Gasteiger partial charge in [0.25, 0.3) is 0 Å². The van der Waals surface area contributed by atoms with Gasteiger partial charge in [0.15, 0.2) is 0 Å². The van der Waals surface area contributed by atoms with E-state index in [9.17, 15) is 9.70 Å². The summed E-state index contributed by atoms with van der Waals surface area (Å²) in [5.74, 6) is -0.855. The second-order valence-electron chi connectivity index (χ2n) is 4.22. The Hall–Kier alpha value is -2.24. The first kappa shape index (κ1) is 16.8. The number of carbonyl (C=O) groups is 1. The number of nitriles is 1. The molecular formula is C13H17N3O5. The van der Waals surface area contributed by atoms with Crippen molar-refractivity contribution in [3.8, 4) is 6.07 Å². The van der Waals surface area contributed by atoms with Crippen molar-refractivity contribution in [1.29, 1.82) is 5.26 Å². The van der Waals surface area contributed by atoms with Crippen LogP contribution in [0.1, 0.15) is 0 Å². The average Bonchev–Trinajstić information content (AvgIpc) is 2.53. The lowest BCUT2D eigenvalue weighted by molar-refractivity contribution is -0.139. The molecule has 0 saturated carbocycles. The Morgan fingerprint density at radius 3 is 2.81 bits per heavy atom. The van der Waals surface area contributed by atoms with Gasteiger partial charge >= 0.3 is 5.97 Å². The lowest BCUT2D eigenvalue weighted by Crippen LogP contribution is -2.31. The summed E-state index contributed by atoms with van der Waals surface area (Å²) in [5, 5.41) is 20.2. The van der Waals surface area contributed by atoms with Gasteiger partial charge in [-0.05, 0) is 18.4 Å². The first-order valence-corrected chi connectivity index (χ1v) is 6.42. The predicted octanol–water partition coefficient (Wildman–Crippen LogP) is -0.0472. The molecule has 21 heavy (non-hydrogen) atoms. The highest BCUT2D eigenvalue weighted by Gasteiger charge is 2.14. The third kappa shape index (κ3) is 6.16.